The highest BCUT2D eigenvalue weighted by atomic mass is 35.5. The molecule has 0 aliphatic carbocycles. The van der Waals surface area contributed by atoms with Crippen LogP contribution in [0.1, 0.15) is 15.9 Å². The minimum atomic E-state index is -0.158. The van der Waals surface area contributed by atoms with Crippen LogP contribution in [-0.4, -0.2) is 39.2 Å². The molecule has 2 aromatic carbocycles. The van der Waals surface area contributed by atoms with E-state index in [9.17, 15) is 4.79 Å². The fraction of sp³-hybridized carbons (Fsp3) is 0.278. The van der Waals surface area contributed by atoms with Crippen LogP contribution < -0.4 is 14.2 Å². The van der Waals surface area contributed by atoms with E-state index in [1.54, 1.807) is 30.1 Å². The Labute approximate surface area is 146 Å². The molecular formula is C18H20ClNO4. The normalized spacial score (nSPS) is 10.2. The predicted octanol–water partition coefficient (Wildman–Crippen LogP) is 3.64. The third-order valence-electron chi connectivity index (χ3n) is 3.57. The number of rotatable bonds is 6. The lowest BCUT2D eigenvalue weighted by atomic mass is 10.1. The second kappa shape index (κ2) is 7.93. The Bertz CT molecular complexity index is 708. The molecule has 0 atom stereocenters. The minimum absolute atomic E-state index is 0.158. The van der Waals surface area contributed by atoms with Gasteiger partial charge < -0.3 is 19.1 Å². The first-order chi connectivity index (χ1) is 11.5. The number of amides is 1. The molecule has 1 amide bonds. The van der Waals surface area contributed by atoms with E-state index in [1.807, 2.05) is 18.2 Å². The number of carbonyl (C=O) groups excluding carboxylic acids is 1. The van der Waals surface area contributed by atoms with Gasteiger partial charge in [0.1, 0.15) is 0 Å². The van der Waals surface area contributed by atoms with Crippen molar-refractivity contribution >= 4 is 17.5 Å². The average Bonchev–Trinajstić information content (AvgIpc) is 2.59. The molecule has 2 rings (SSSR count). The van der Waals surface area contributed by atoms with Crippen molar-refractivity contribution in [2.24, 2.45) is 0 Å². The first-order valence-corrected chi connectivity index (χ1v) is 7.67. The Hall–Kier alpha value is -2.40. The van der Waals surface area contributed by atoms with Crippen LogP contribution in [0.5, 0.6) is 17.2 Å². The van der Waals surface area contributed by atoms with Gasteiger partial charge in [-0.2, -0.15) is 0 Å². The summed E-state index contributed by atoms with van der Waals surface area (Å²) in [5.41, 5.74) is 1.40. The molecular weight excluding hydrogens is 330 g/mol. The van der Waals surface area contributed by atoms with Crippen LogP contribution in [0.15, 0.2) is 36.4 Å². The van der Waals surface area contributed by atoms with E-state index in [4.69, 9.17) is 25.8 Å². The second-order valence-electron chi connectivity index (χ2n) is 5.21. The third-order valence-corrected chi connectivity index (χ3v) is 3.80. The quantitative estimate of drug-likeness (QED) is 0.799. The number of halogens is 1. The van der Waals surface area contributed by atoms with Crippen molar-refractivity contribution < 1.29 is 19.0 Å². The molecule has 0 fully saturated rings. The fourth-order valence-corrected chi connectivity index (χ4v) is 2.62. The minimum Gasteiger partial charge on any atom is -0.493 e. The first-order valence-electron chi connectivity index (χ1n) is 7.30. The smallest absolute Gasteiger partial charge is 0.254 e. The summed E-state index contributed by atoms with van der Waals surface area (Å²) >= 11 is 5.99. The lowest BCUT2D eigenvalue weighted by Crippen LogP contribution is -2.26. The Morgan fingerprint density at radius 2 is 1.67 bits per heavy atom. The lowest BCUT2D eigenvalue weighted by Gasteiger charge is -2.19. The van der Waals surface area contributed by atoms with Gasteiger partial charge in [0.2, 0.25) is 5.75 Å². The molecule has 5 nitrogen and oxygen atoms in total. The van der Waals surface area contributed by atoms with Crippen molar-refractivity contribution in [3.05, 3.63) is 52.5 Å². The number of hydrogen-bond acceptors (Lipinski definition) is 4. The molecule has 0 saturated carbocycles. The summed E-state index contributed by atoms with van der Waals surface area (Å²) in [7, 11) is 6.28. The summed E-state index contributed by atoms with van der Waals surface area (Å²) in [6, 6.07) is 10.7. The molecule has 128 valence electrons. The van der Waals surface area contributed by atoms with Crippen molar-refractivity contribution in [1.82, 2.24) is 4.90 Å². The Morgan fingerprint density at radius 1 is 1.04 bits per heavy atom. The summed E-state index contributed by atoms with van der Waals surface area (Å²) in [5, 5.41) is 0.640. The van der Waals surface area contributed by atoms with Crippen molar-refractivity contribution in [3.8, 4) is 17.2 Å². The van der Waals surface area contributed by atoms with Crippen LogP contribution in [0.4, 0.5) is 0 Å². The first kappa shape index (κ1) is 17.9. The molecule has 0 saturated heterocycles. The maximum atomic E-state index is 12.7. The highest BCUT2D eigenvalue weighted by Gasteiger charge is 2.19. The lowest BCUT2D eigenvalue weighted by molar-refractivity contribution is 0.0784. The van der Waals surface area contributed by atoms with Crippen molar-refractivity contribution in [3.63, 3.8) is 0 Å². The van der Waals surface area contributed by atoms with E-state index in [-0.39, 0.29) is 5.91 Å². The van der Waals surface area contributed by atoms with Crippen molar-refractivity contribution in [2.45, 2.75) is 6.54 Å². The summed E-state index contributed by atoms with van der Waals surface area (Å²) in [4.78, 5) is 14.3. The maximum absolute atomic E-state index is 12.7. The zero-order valence-electron chi connectivity index (χ0n) is 14.1. The Morgan fingerprint density at radius 3 is 2.17 bits per heavy atom. The van der Waals surface area contributed by atoms with E-state index in [0.717, 1.165) is 5.56 Å². The van der Waals surface area contributed by atoms with Gasteiger partial charge in [0.25, 0.3) is 5.91 Å². The Kier molecular flexibility index (Phi) is 5.93. The average molecular weight is 350 g/mol. The zero-order valence-corrected chi connectivity index (χ0v) is 14.9. The van der Waals surface area contributed by atoms with Crippen LogP contribution in [0.25, 0.3) is 0 Å². The van der Waals surface area contributed by atoms with Crippen molar-refractivity contribution in [2.75, 3.05) is 28.4 Å². The van der Waals surface area contributed by atoms with E-state index >= 15 is 0 Å². The summed E-state index contributed by atoms with van der Waals surface area (Å²) in [5.74, 6) is 1.18. The molecule has 0 N–H and O–H groups in total. The van der Waals surface area contributed by atoms with Gasteiger partial charge in [-0.05, 0) is 29.8 Å². The summed E-state index contributed by atoms with van der Waals surface area (Å²) in [6.45, 7) is 0.441. The van der Waals surface area contributed by atoms with E-state index in [1.165, 1.54) is 21.3 Å². The number of benzene rings is 2. The SMILES string of the molecule is COc1cc(C(=O)N(C)Cc2cccc(Cl)c2)cc(OC)c1OC. The molecule has 0 aliphatic rings. The molecule has 0 aliphatic heterocycles. The monoisotopic (exact) mass is 349 g/mol. The molecule has 0 spiro atoms. The number of hydrogen-bond donors (Lipinski definition) is 0. The molecule has 2 aromatic rings. The third kappa shape index (κ3) is 3.92. The fourth-order valence-electron chi connectivity index (χ4n) is 2.41. The topological polar surface area (TPSA) is 48.0 Å². The zero-order chi connectivity index (χ0) is 17.7. The Balaban J connectivity index is 2.28. The molecule has 0 radical (unpaired) electrons. The predicted molar refractivity (Wildman–Crippen MR) is 93.3 cm³/mol. The second-order valence-corrected chi connectivity index (χ2v) is 5.64. The number of ether oxygens (including phenoxy) is 3. The van der Waals surface area contributed by atoms with E-state index in [2.05, 4.69) is 0 Å². The van der Waals surface area contributed by atoms with Crippen LogP contribution in [0.2, 0.25) is 5.02 Å². The molecule has 0 unspecified atom stereocenters. The van der Waals surface area contributed by atoms with Gasteiger partial charge in [-0.3, -0.25) is 4.79 Å². The van der Waals surface area contributed by atoms with Crippen LogP contribution in [0, 0.1) is 0 Å². The molecule has 0 aromatic heterocycles. The van der Waals surface area contributed by atoms with Gasteiger partial charge in [-0.25, -0.2) is 0 Å². The highest BCUT2D eigenvalue weighted by Crippen LogP contribution is 2.38. The molecule has 0 heterocycles. The molecule has 6 heteroatoms. The molecule has 24 heavy (non-hydrogen) atoms. The van der Waals surface area contributed by atoms with Gasteiger partial charge in [-0.15, -0.1) is 0 Å². The summed E-state index contributed by atoms with van der Waals surface area (Å²) < 4.78 is 15.9. The maximum Gasteiger partial charge on any atom is 0.254 e. The number of nitrogens with zero attached hydrogens (tertiary/aromatic N) is 1. The van der Waals surface area contributed by atoms with Gasteiger partial charge in [-0.1, -0.05) is 23.7 Å². The van der Waals surface area contributed by atoms with Crippen LogP contribution in [-0.2, 0) is 6.54 Å². The van der Waals surface area contributed by atoms with Gasteiger partial charge in [0, 0.05) is 24.2 Å². The largest absolute Gasteiger partial charge is 0.493 e. The molecule has 0 bridgehead atoms. The van der Waals surface area contributed by atoms with Gasteiger partial charge in [0.15, 0.2) is 11.5 Å². The van der Waals surface area contributed by atoms with Gasteiger partial charge >= 0.3 is 0 Å². The highest BCUT2D eigenvalue weighted by molar-refractivity contribution is 6.30. The van der Waals surface area contributed by atoms with E-state index in [0.29, 0.717) is 34.4 Å². The van der Waals surface area contributed by atoms with Crippen LogP contribution >= 0.6 is 11.6 Å². The summed E-state index contributed by atoms with van der Waals surface area (Å²) in [6.07, 6.45) is 0. The van der Waals surface area contributed by atoms with E-state index < -0.39 is 0 Å². The van der Waals surface area contributed by atoms with Crippen LogP contribution in [0.3, 0.4) is 0 Å². The number of methoxy groups -OCH3 is 3. The van der Waals surface area contributed by atoms with Gasteiger partial charge in [0.05, 0.1) is 21.3 Å². The van der Waals surface area contributed by atoms with Crippen molar-refractivity contribution in [1.29, 1.82) is 0 Å². The standard InChI is InChI=1S/C18H20ClNO4/c1-20(11-12-6-5-7-14(19)8-12)18(21)13-9-15(22-2)17(24-4)16(10-13)23-3/h5-10H,11H2,1-4H3. The number of carbonyl (C=O) groups is 1.